The van der Waals surface area contributed by atoms with Crippen LogP contribution in [0.4, 0.5) is 5.69 Å². The number of carbonyl (C=O) groups is 1. The Hall–Kier alpha value is -3.80. The molecule has 5 nitrogen and oxygen atoms in total. The van der Waals surface area contributed by atoms with E-state index in [1.807, 2.05) is 36.4 Å². The van der Waals surface area contributed by atoms with Crippen molar-refractivity contribution in [1.82, 2.24) is 4.98 Å². The largest absolute Gasteiger partial charge is 0.457 e. The first-order valence-electron chi connectivity index (χ1n) is 11.4. The van der Waals surface area contributed by atoms with Crippen LogP contribution in [0.5, 0.6) is 0 Å². The Morgan fingerprint density at radius 3 is 2.64 bits per heavy atom. The zero-order valence-electron chi connectivity index (χ0n) is 19.6. The van der Waals surface area contributed by atoms with Gasteiger partial charge in [-0.3, -0.25) is 4.79 Å². The van der Waals surface area contributed by atoms with Crippen molar-refractivity contribution in [1.29, 1.82) is 0 Å². The number of fused-ring (bicyclic) bond motifs is 1. The SMILES string of the molecule is CC(C)c1ccc2oc(-c3cccc(NC(=O)/C=C/c4ccc(-c5ccc(Cl)cc5Cl)o4)c3)nc2c1. The van der Waals surface area contributed by atoms with Crippen molar-refractivity contribution in [2.45, 2.75) is 19.8 Å². The summed E-state index contributed by atoms with van der Waals surface area (Å²) in [7, 11) is 0. The lowest BCUT2D eigenvalue weighted by Gasteiger charge is -2.03. The summed E-state index contributed by atoms with van der Waals surface area (Å²) in [5, 5.41) is 3.90. The van der Waals surface area contributed by atoms with Gasteiger partial charge in [0, 0.05) is 27.9 Å². The molecule has 0 saturated heterocycles. The molecule has 5 aromatic rings. The summed E-state index contributed by atoms with van der Waals surface area (Å²) >= 11 is 12.2. The molecule has 0 aliphatic rings. The third kappa shape index (κ3) is 5.23. The first kappa shape index (κ1) is 23.9. The van der Waals surface area contributed by atoms with Crippen LogP contribution in [-0.2, 0) is 4.79 Å². The van der Waals surface area contributed by atoms with E-state index in [1.165, 1.54) is 11.6 Å². The van der Waals surface area contributed by atoms with E-state index in [4.69, 9.17) is 32.0 Å². The van der Waals surface area contributed by atoms with E-state index in [0.717, 1.165) is 22.2 Å². The van der Waals surface area contributed by atoms with Gasteiger partial charge < -0.3 is 14.2 Å². The summed E-state index contributed by atoms with van der Waals surface area (Å²) in [4.78, 5) is 17.2. The second-order valence-corrected chi connectivity index (χ2v) is 9.47. The highest BCUT2D eigenvalue weighted by Gasteiger charge is 2.12. The Kier molecular flexibility index (Phi) is 6.68. The lowest BCUT2D eigenvalue weighted by Crippen LogP contribution is -2.07. The highest BCUT2D eigenvalue weighted by atomic mass is 35.5. The average Bonchev–Trinajstić information content (AvgIpc) is 3.49. The van der Waals surface area contributed by atoms with Crippen LogP contribution >= 0.6 is 23.2 Å². The minimum Gasteiger partial charge on any atom is -0.457 e. The van der Waals surface area contributed by atoms with E-state index in [9.17, 15) is 4.79 Å². The number of oxazole rings is 1. The quantitative estimate of drug-likeness (QED) is 0.229. The molecule has 5 rings (SSSR count). The van der Waals surface area contributed by atoms with Crippen molar-refractivity contribution in [2.24, 2.45) is 0 Å². The highest BCUT2D eigenvalue weighted by molar-refractivity contribution is 6.36. The number of nitrogens with one attached hydrogen (secondary N) is 1. The van der Waals surface area contributed by atoms with Gasteiger partial charge in [-0.2, -0.15) is 0 Å². The van der Waals surface area contributed by atoms with Crippen LogP contribution in [0.25, 0.3) is 40.0 Å². The van der Waals surface area contributed by atoms with Crippen LogP contribution in [-0.4, -0.2) is 10.9 Å². The number of hydrogen-bond acceptors (Lipinski definition) is 4. The Bertz CT molecular complexity index is 1600. The third-order valence-corrected chi connectivity index (χ3v) is 6.23. The van der Waals surface area contributed by atoms with Crippen LogP contribution < -0.4 is 5.32 Å². The fourth-order valence-electron chi connectivity index (χ4n) is 3.78. The molecular weight excluding hydrogens is 495 g/mol. The van der Waals surface area contributed by atoms with Crippen LogP contribution in [0.1, 0.15) is 31.1 Å². The second kappa shape index (κ2) is 10.1. The molecule has 0 atom stereocenters. The van der Waals surface area contributed by atoms with Crippen molar-refractivity contribution in [2.75, 3.05) is 5.32 Å². The van der Waals surface area contributed by atoms with Gasteiger partial charge in [-0.15, -0.1) is 0 Å². The van der Waals surface area contributed by atoms with Gasteiger partial charge in [0.25, 0.3) is 0 Å². The molecule has 2 aromatic heterocycles. The Balaban J connectivity index is 1.29. The molecule has 0 unspecified atom stereocenters. The molecule has 1 N–H and O–H groups in total. The van der Waals surface area contributed by atoms with Crippen molar-refractivity contribution < 1.29 is 13.6 Å². The number of anilines is 1. The number of carbonyl (C=O) groups excluding carboxylic acids is 1. The van der Waals surface area contributed by atoms with Crippen LogP contribution in [0.15, 0.2) is 87.7 Å². The van der Waals surface area contributed by atoms with Crippen molar-refractivity contribution >= 4 is 52.0 Å². The maximum Gasteiger partial charge on any atom is 0.248 e. The molecule has 0 aliphatic heterocycles. The zero-order valence-corrected chi connectivity index (χ0v) is 21.1. The van der Waals surface area contributed by atoms with Gasteiger partial charge in [-0.25, -0.2) is 4.98 Å². The Morgan fingerprint density at radius 1 is 0.972 bits per heavy atom. The maximum atomic E-state index is 12.5. The first-order valence-corrected chi connectivity index (χ1v) is 12.2. The number of hydrogen-bond donors (Lipinski definition) is 1. The van der Waals surface area contributed by atoms with E-state index >= 15 is 0 Å². The topological polar surface area (TPSA) is 68.3 Å². The van der Waals surface area contributed by atoms with Crippen molar-refractivity contribution in [3.8, 4) is 22.8 Å². The van der Waals surface area contributed by atoms with Gasteiger partial charge in [0.2, 0.25) is 11.8 Å². The van der Waals surface area contributed by atoms with E-state index in [1.54, 1.807) is 36.4 Å². The van der Waals surface area contributed by atoms with Crippen molar-refractivity contribution in [3.05, 3.63) is 100 Å². The predicted octanol–water partition coefficient (Wildman–Crippen LogP) is 8.84. The second-order valence-electron chi connectivity index (χ2n) is 8.63. The standard InChI is InChI=1S/C29H22Cl2N2O3/c1-17(2)18-6-11-27-25(15-18)33-29(36-27)19-4-3-5-21(14-19)32-28(34)13-9-22-8-12-26(35-22)23-10-7-20(30)16-24(23)31/h3-17H,1-2H3,(H,32,34)/b13-9+. The summed E-state index contributed by atoms with van der Waals surface area (Å²) in [5.74, 6) is 1.72. The summed E-state index contributed by atoms with van der Waals surface area (Å²) < 4.78 is 11.7. The molecule has 0 bridgehead atoms. The van der Waals surface area contributed by atoms with Gasteiger partial charge >= 0.3 is 0 Å². The summed E-state index contributed by atoms with van der Waals surface area (Å²) in [6.45, 7) is 4.28. The van der Waals surface area contributed by atoms with Crippen LogP contribution in [0.2, 0.25) is 10.0 Å². The smallest absolute Gasteiger partial charge is 0.248 e. The molecule has 2 heterocycles. The number of amides is 1. The molecule has 0 saturated carbocycles. The predicted molar refractivity (Wildman–Crippen MR) is 145 cm³/mol. The zero-order chi connectivity index (χ0) is 25.2. The monoisotopic (exact) mass is 516 g/mol. The number of aromatic nitrogens is 1. The number of nitrogens with zero attached hydrogens (tertiary/aromatic N) is 1. The molecule has 36 heavy (non-hydrogen) atoms. The van der Waals surface area contributed by atoms with Gasteiger partial charge in [-0.05, 0) is 78.2 Å². The number of benzene rings is 3. The maximum absolute atomic E-state index is 12.5. The highest BCUT2D eigenvalue weighted by Crippen LogP contribution is 2.32. The van der Waals surface area contributed by atoms with Crippen LogP contribution in [0, 0.1) is 0 Å². The van der Waals surface area contributed by atoms with Gasteiger partial charge in [0.1, 0.15) is 17.0 Å². The number of rotatable bonds is 6. The summed E-state index contributed by atoms with van der Waals surface area (Å²) in [6, 6.07) is 22.2. The van der Waals surface area contributed by atoms with E-state index in [2.05, 4.69) is 30.2 Å². The third-order valence-electron chi connectivity index (χ3n) is 5.68. The normalized spacial score (nSPS) is 11.6. The summed E-state index contributed by atoms with van der Waals surface area (Å²) in [6.07, 6.45) is 3.01. The van der Waals surface area contributed by atoms with E-state index < -0.39 is 0 Å². The lowest BCUT2D eigenvalue weighted by molar-refractivity contribution is -0.111. The molecule has 0 aliphatic carbocycles. The molecular formula is C29H22Cl2N2O3. The minimum absolute atomic E-state index is 0.297. The van der Waals surface area contributed by atoms with Gasteiger partial charge in [0.05, 0.1) is 5.02 Å². The molecule has 1 amide bonds. The number of furan rings is 1. The summed E-state index contributed by atoms with van der Waals surface area (Å²) in [5.41, 5.74) is 4.86. The minimum atomic E-state index is -0.297. The molecule has 0 spiro atoms. The molecule has 0 fully saturated rings. The fraction of sp³-hybridized carbons (Fsp3) is 0.103. The Labute approximate surface area is 218 Å². The Morgan fingerprint density at radius 2 is 1.83 bits per heavy atom. The molecule has 3 aromatic carbocycles. The van der Waals surface area contributed by atoms with Crippen molar-refractivity contribution in [3.63, 3.8) is 0 Å². The van der Waals surface area contributed by atoms with Gasteiger partial charge in [-0.1, -0.05) is 49.2 Å². The van der Waals surface area contributed by atoms with Gasteiger partial charge in [0.15, 0.2) is 5.58 Å². The van der Waals surface area contributed by atoms with E-state index in [0.29, 0.717) is 39.1 Å². The molecule has 180 valence electrons. The average molecular weight is 517 g/mol. The van der Waals surface area contributed by atoms with E-state index in [-0.39, 0.29) is 5.91 Å². The molecule has 0 radical (unpaired) electrons. The fourth-order valence-corrected chi connectivity index (χ4v) is 4.28. The lowest BCUT2D eigenvalue weighted by atomic mass is 10.0. The first-order chi connectivity index (χ1) is 17.4. The molecule has 7 heteroatoms. The number of halogens is 2. The van der Waals surface area contributed by atoms with Crippen LogP contribution in [0.3, 0.4) is 0 Å².